The van der Waals surface area contributed by atoms with E-state index in [1.54, 1.807) is 0 Å². The number of nitrogens with zero attached hydrogens (tertiary/aromatic N) is 2. The van der Waals surface area contributed by atoms with Crippen molar-refractivity contribution < 1.29 is 4.52 Å². The van der Waals surface area contributed by atoms with Gasteiger partial charge in [-0.3, -0.25) is 0 Å². The van der Waals surface area contributed by atoms with Crippen molar-refractivity contribution in [3.05, 3.63) is 35.7 Å². The Labute approximate surface area is 113 Å². The number of aromatic nitrogens is 2. The third kappa shape index (κ3) is 2.28. The Morgan fingerprint density at radius 3 is 2.95 bits per heavy atom. The first-order chi connectivity index (χ1) is 9.29. The molecule has 0 amide bonds. The van der Waals surface area contributed by atoms with Crippen molar-refractivity contribution in [2.24, 2.45) is 11.7 Å². The minimum atomic E-state index is 0.343. The minimum Gasteiger partial charge on any atom is -0.339 e. The summed E-state index contributed by atoms with van der Waals surface area (Å²) < 4.78 is 5.47. The molecule has 0 aliphatic heterocycles. The Kier molecular flexibility index (Phi) is 3.34. The van der Waals surface area contributed by atoms with Crippen LogP contribution < -0.4 is 5.73 Å². The molecule has 4 heteroatoms. The van der Waals surface area contributed by atoms with Crippen molar-refractivity contribution in [2.45, 2.75) is 32.1 Å². The van der Waals surface area contributed by atoms with Crippen LogP contribution >= 0.6 is 0 Å². The van der Waals surface area contributed by atoms with Crippen LogP contribution in [-0.2, 0) is 0 Å². The van der Waals surface area contributed by atoms with E-state index in [-0.39, 0.29) is 0 Å². The van der Waals surface area contributed by atoms with E-state index >= 15 is 0 Å². The van der Waals surface area contributed by atoms with E-state index in [2.05, 4.69) is 23.1 Å². The third-order valence-electron chi connectivity index (χ3n) is 4.11. The van der Waals surface area contributed by atoms with E-state index < -0.39 is 0 Å². The second-order valence-electron chi connectivity index (χ2n) is 5.30. The zero-order valence-corrected chi connectivity index (χ0v) is 11.2. The summed E-state index contributed by atoms with van der Waals surface area (Å²) >= 11 is 0. The van der Waals surface area contributed by atoms with Crippen molar-refractivity contribution in [2.75, 3.05) is 6.54 Å². The lowest BCUT2D eigenvalue weighted by Gasteiger charge is -2.12. The fourth-order valence-corrected chi connectivity index (χ4v) is 2.96. The molecule has 2 N–H and O–H groups in total. The molecule has 1 aromatic carbocycles. The van der Waals surface area contributed by atoms with E-state index in [1.807, 2.05) is 18.2 Å². The SMILES string of the molecule is Cc1ccccc1-c1noc(C2CCCC2CN)n1. The van der Waals surface area contributed by atoms with Crippen molar-refractivity contribution >= 4 is 0 Å². The molecule has 1 aliphatic rings. The predicted octanol–water partition coefficient (Wildman–Crippen LogP) is 2.89. The van der Waals surface area contributed by atoms with E-state index in [9.17, 15) is 0 Å². The monoisotopic (exact) mass is 257 g/mol. The van der Waals surface area contributed by atoms with Crippen LogP contribution in [0.25, 0.3) is 11.4 Å². The van der Waals surface area contributed by atoms with Crippen LogP contribution in [0.2, 0.25) is 0 Å². The number of aryl methyl sites for hydroxylation is 1. The average Bonchev–Trinajstić information content (AvgIpc) is 3.07. The summed E-state index contributed by atoms with van der Waals surface area (Å²) in [4.78, 5) is 4.59. The number of benzene rings is 1. The van der Waals surface area contributed by atoms with Crippen LogP contribution in [0.1, 0.15) is 36.6 Å². The van der Waals surface area contributed by atoms with Gasteiger partial charge in [-0.05, 0) is 37.8 Å². The van der Waals surface area contributed by atoms with Gasteiger partial charge in [0.25, 0.3) is 0 Å². The molecule has 1 fully saturated rings. The maximum Gasteiger partial charge on any atom is 0.230 e. The van der Waals surface area contributed by atoms with Gasteiger partial charge in [0, 0.05) is 11.5 Å². The van der Waals surface area contributed by atoms with Gasteiger partial charge in [-0.15, -0.1) is 0 Å². The van der Waals surface area contributed by atoms with Gasteiger partial charge in [-0.1, -0.05) is 35.8 Å². The summed E-state index contributed by atoms with van der Waals surface area (Å²) in [6.45, 7) is 2.76. The number of hydrogen-bond donors (Lipinski definition) is 1. The zero-order valence-electron chi connectivity index (χ0n) is 11.2. The predicted molar refractivity (Wildman–Crippen MR) is 73.6 cm³/mol. The Morgan fingerprint density at radius 2 is 2.16 bits per heavy atom. The smallest absolute Gasteiger partial charge is 0.230 e. The second kappa shape index (κ2) is 5.13. The van der Waals surface area contributed by atoms with Gasteiger partial charge in [0.1, 0.15) is 0 Å². The minimum absolute atomic E-state index is 0.343. The van der Waals surface area contributed by atoms with Gasteiger partial charge < -0.3 is 10.3 Å². The van der Waals surface area contributed by atoms with Crippen LogP contribution in [0.15, 0.2) is 28.8 Å². The molecule has 1 heterocycles. The van der Waals surface area contributed by atoms with Crippen molar-refractivity contribution in [1.29, 1.82) is 0 Å². The van der Waals surface area contributed by atoms with Crippen LogP contribution in [0.5, 0.6) is 0 Å². The summed E-state index contributed by atoms with van der Waals surface area (Å²) in [7, 11) is 0. The van der Waals surface area contributed by atoms with Crippen LogP contribution in [-0.4, -0.2) is 16.7 Å². The third-order valence-corrected chi connectivity index (χ3v) is 4.11. The highest BCUT2D eigenvalue weighted by Gasteiger charge is 2.32. The zero-order chi connectivity index (χ0) is 13.2. The molecule has 1 aromatic heterocycles. The molecule has 100 valence electrons. The number of nitrogens with two attached hydrogens (primary N) is 1. The van der Waals surface area contributed by atoms with E-state index in [1.165, 1.54) is 12.8 Å². The first-order valence-electron chi connectivity index (χ1n) is 6.89. The summed E-state index contributed by atoms with van der Waals surface area (Å²) in [6, 6.07) is 8.10. The first-order valence-corrected chi connectivity index (χ1v) is 6.89. The van der Waals surface area contributed by atoms with Gasteiger partial charge >= 0.3 is 0 Å². The molecule has 0 radical (unpaired) electrons. The van der Waals surface area contributed by atoms with Gasteiger partial charge in [0.2, 0.25) is 11.7 Å². The molecule has 3 rings (SSSR count). The fraction of sp³-hybridized carbons (Fsp3) is 0.467. The molecule has 2 unspecified atom stereocenters. The summed E-state index contributed by atoms with van der Waals surface area (Å²) in [6.07, 6.45) is 3.48. The molecule has 19 heavy (non-hydrogen) atoms. The van der Waals surface area contributed by atoms with Gasteiger partial charge in [0.15, 0.2) is 0 Å². The molecule has 1 saturated carbocycles. The molecule has 2 atom stereocenters. The molecule has 1 aliphatic carbocycles. The Balaban J connectivity index is 1.90. The standard InChI is InChI=1S/C15H19N3O/c1-10-5-2-3-7-12(10)14-17-15(19-18-14)13-8-4-6-11(13)9-16/h2-3,5,7,11,13H,4,6,8-9,16H2,1H3. The molecule has 4 nitrogen and oxygen atoms in total. The molecule has 2 aromatic rings. The van der Waals surface area contributed by atoms with Crippen molar-refractivity contribution in [3.8, 4) is 11.4 Å². The summed E-state index contributed by atoms with van der Waals surface area (Å²) in [5.41, 5.74) is 8.02. The lowest BCUT2D eigenvalue weighted by atomic mass is 9.96. The highest BCUT2D eigenvalue weighted by Crippen LogP contribution is 2.38. The Bertz CT molecular complexity index is 564. The number of rotatable bonds is 3. The summed E-state index contributed by atoms with van der Waals surface area (Å²) in [5, 5.41) is 4.13. The number of hydrogen-bond acceptors (Lipinski definition) is 4. The van der Waals surface area contributed by atoms with Crippen LogP contribution in [0.3, 0.4) is 0 Å². The fourth-order valence-electron chi connectivity index (χ4n) is 2.96. The normalized spacial score (nSPS) is 22.8. The van der Waals surface area contributed by atoms with Crippen LogP contribution in [0.4, 0.5) is 0 Å². The molecular weight excluding hydrogens is 238 g/mol. The van der Waals surface area contributed by atoms with Crippen LogP contribution in [0, 0.1) is 12.8 Å². The highest BCUT2D eigenvalue weighted by atomic mass is 16.5. The first kappa shape index (κ1) is 12.4. The van der Waals surface area contributed by atoms with Gasteiger partial charge in [0.05, 0.1) is 0 Å². The van der Waals surface area contributed by atoms with Gasteiger partial charge in [-0.25, -0.2) is 0 Å². The summed E-state index contributed by atoms with van der Waals surface area (Å²) in [5.74, 6) is 2.28. The Morgan fingerprint density at radius 1 is 1.32 bits per heavy atom. The maximum absolute atomic E-state index is 5.81. The largest absolute Gasteiger partial charge is 0.339 e. The molecular formula is C15H19N3O. The van der Waals surface area contributed by atoms with Gasteiger partial charge in [-0.2, -0.15) is 4.98 Å². The van der Waals surface area contributed by atoms with Crippen molar-refractivity contribution in [3.63, 3.8) is 0 Å². The van der Waals surface area contributed by atoms with E-state index in [0.29, 0.717) is 24.2 Å². The highest BCUT2D eigenvalue weighted by molar-refractivity contribution is 5.59. The molecule has 0 spiro atoms. The average molecular weight is 257 g/mol. The van der Waals surface area contributed by atoms with E-state index in [4.69, 9.17) is 10.3 Å². The topological polar surface area (TPSA) is 64.9 Å². The van der Waals surface area contributed by atoms with Crippen molar-refractivity contribution in [1.82, 2.24) is 10.1 Å². The molecule has 0 bridgehead atoms. The molecule has 0 saturated heterocycles. The maximum atomic E-state index is 5.81. The Hall–Kier alpha value is -1.68. The lowest BCUT2D eigenvalue weighted by molar-refractivity contribution is 0.326. The van der Waals surface area contributed by atoms with E-state index in [0.717, 1.165) is 23.4 Å². The lowest BCUT2D eigenvalue weighted by Crippen LogP contribution is -2.17. The second-order valence-corrected chi connectivity index (χ2v) is 5.30. The quantitative estimate of drug-likeness (QED) is 0.918.